The molecule has 1 aliphatic heterocycles. The second-order valence-electron chi connectivity index (χ2n) is 13.0. The van der Waals surface area contributed by atoms with Crippen LogP contribution >= 0.6 is 0 Å². The van der Waals surface area contributed by atoms with Crippen molar-refractivity contribution >= 4 is 55.2 Å². The quantitative estimate of drug-likeness (QED) is 0.201. The molecule has 10 rings (SSSR count). The van der Waals surface area contributed by atoms with Gasteiger partial charge in [-0.25, -0.2) is 9.98 Å². The SMILES string of the molecule is c1ccc(-c2ccc(C3N=C(c4ccc(-c5cccc6ccccc56)c5oc6ccccc6c45)N=C(c4ccc5ccccc5c4)N3)cc2)cc1. The van der Waals surface area contributed by atoms with Crippen LogP contribution in [-0.4, -0.2) is 11.7 Å². The van der Waals surface area contributed by atoms with Gasteiger partial charge in [-0.15, -0.1) is 0 Å². The Balaban J connectivity index is 1.17. The van der Waals surface area contributed by atoms with Crippen molar-refractivity contribution in [1.29, 1.82) is 0 Å². The Morgan fingerprint density at radius 2 is 1.14 bits per heavy atom. The van der Waals surface area contributed by atoms with E-state index in [1.807, 2.05) is 18.2 Å². The summed E-state index contributed by atoms with van der Waals surface area (Å²) in [5.74, 6) is 1.44. The molecule has 0 aliphatic carbocycles. The predicted octanol–water partition coefficient (Wildman–Crippen LogP) is 11.7. The molecule has 1 unspecified atom stereocenters. The Bertz CT molecular complexity index is 2820. The fourth-order valence-electron chi connectivity index (χ4n) is 7.40. The van der Waals surface area contributed by atoms with E-state index in [1.54, 1.807) is 0 Å². The Labute approximate surface area is 295 Å². The van der Waals surface area contributed by atoms with Crippen LogP contribution in [0.4, 0.5) is 0 Å². The summed E-state index contributed by atoms with van der Waals surface area (Å²) in [6, 6.07) is 61.6. The lowest BCUT2D eigenvalue weighted by molar-refractivity contribution is 0.669. The van der Waals surface area contributed by atoms with Crippen molar-refractivity contribution in [3.63, 3.8) is 0 Å². The van der Waals surface area contributed by atoms with Gasteiger partial charge in [0.1, 0.15) is 23.2 Å². The monoisotopic (exact) mass is 653 g/mol. The molecule has 0 fully saturated rings. The molecule has 2 heterocycles. The van der Waals surface area contributed by atoms with E-state index in [4.69, 9.17) is 14.4 Å². The van der Waals surface area contributed by atoms with Gasteiger partial charge in [0.05, 0.1) is 0 Å². The standard InChI is InChI=1S/C47H31N3O/c1-2-11-30(12-3-1)32-21-24-34(25-22-32)45-48-46(36-26-23-31-13-4-5-15-35(31)29-36)50-47(49-45)41-28-27-39(38-19-10-16-33-14-6-7-17-37(33)38)44-43(41)40-18-8-9-20-42(40)51-44/h1-29,45H,(H,48,49,50). The molecule has 1 aromatic heterocycles. The number of furan rings is 1. The average Bonchev–Trinajstić information content (AvgIpc) is 3.60. The van der Waals surface area contributed by atoms with E-state index in [2.05, 4.69) is 163 Å². The van der Waals surface area contributed by atoms with E-state index < -0.39 is 0 Å². The summed E-state index contributed by atoms with van der Waals surface area (Å²) in [7, 11) is 0. The molecule has 0 amide bonds. The third-order valence-corrected chi connectivity index (χ3v) is 9.95. The van der Waals surface area contributed by atoms with Gasteiger partial charge < -0.3 is 9.73 Å². The van der Waals surface area contributed by atoms with E-state index in [9.17, 15) is 0 Å². The van der Waals surface area contributed by atoms with Gasteiger partial charge in [0, 0.05) is 27.5 Å². The van der Waals surface area contributed by atoms with Crippen LogP contribution in [0.25, 0.3) is 65.7 Å². The molecule has 0 radical (unpaired) electrons. The zero-order valence-electron chi connectivity index (χ0n) is 27.6. The van der Waals surface area contributed by atoms with Gasteiger partial charge in [0.25, 0.3) is 0 Å². The van der Waals surface area contributed by atoms with Gasteiger partial charge >= 0.3 is 0 Å². The Morgan fingerprint density at radius 1 is 0.471 bits per heavy atom. The molecular formula is C47H31N3O. The molecule has 0 saturated carbocycles. The minimum Gasteiger partial charge on any atom is -0.455 e. The summed E-state index contributed by atoms with van der Waals surface area (Å²) in [5.41, 5.74) is 9.19. The molecule has 4 nitrogen and oxygen atoms in total. The second-order valence-corrected chi connectivity index (χ2v) is 13.0. The first-order valence-electron chi connectivity index (χ1n) is 17.3. The van der Waals surface area contributed by atoms with Gasteiger partial charge in [-0.3, -0.25) is 0 Å². The Kier molecular flexibility index (Phi) is 6.85. The number of nitrogens with one attached hydrogen (secondary N) is 1. The van der Waals surface area contributed by atoms with Crippen molar-refractivity contribution in [1.82, 2.24) is 5.32 Å². The van der Waals surface area contributed by atoms with Gasteiger partial charge in [-0.1, -0.05) is 152 Å². The van der Waals surface area contributed by atoms with Crippen molar-refractivity contribution in [3.05, 3.63) is 193 Å². The molecule has 1 aliphatic rings. The topological polar surface area (TPSA) is 49.9 Å². The first-order chi connectivity index (χ1) is 25.3. The Hall–Kier alpha value is -6.78. The van der Waals surface area contributed by atoms with Crippen molar-refractivity contribution < 1.29 is 4.42 Å². The molecule has 9 aromatic rings. The molecule has 51 heavy (non-hydrogen) atoms. The molecule has 240 valence electrons. The third kappa shape index (κ3) is 5.08. The van der Waals surface area contributed by atoms with Gasteiger partial charge in [0.2, 0.25) is 0 Å². The van der Waals surface area contributed by atoms with Crippen LogP contribution in [0.5, 0.6) is 0 Å². The Morgan fingerprint density at radius 3 is 2.00 bits per heavy atom. The number of nitrogens with zero attached hydrogens (tertiary/aromatic N) is 2. The number of fused-ring (bicyclic) bond motifs is 5. The molecule has 0 saturated heterocycles. The highest BCUT2D eigenvalue weighted by Gasteiger charge is 2.25. The van der Waals surface area contributed by atoms with Gasteiger partial charge in [0.15, 0.2) is 5.84 Å². The highest BCUT2D eigenvalue weighted by atomic mass is 16.3. The van der Waals surface area contributed by atoms with Crippen LogP contribution in [0.3, 0.4) is 0 Å². The van der Waals surface area contributed by atoms with Crippen molar-refractivity contribution in [3.8, 4) is 22.3 Å². The molecule has 8 aromatic carbocycles. The summed E-state index contributed by atoms with van der Waals surface area (Å²) < 4.78 is 6.73. The molecule has 4 heteroatoms. The van der Waals surface area contributed by atoms with Crippen molar-refractivity contribution in [2.45, 2.75) is 6.17 Å². The lowest BCUT2D eigenvalue weighted by Gasteiger charge is -2.24. The largest absolute Gasteiger partial charge is 0.455 e. The fourth-order valence-corrected chi connectivity index (χ4v) is 7.40. The number of hydrogen-bond donors (Lipinski definition) is 1. The molecular weight excluding hydrogens is 623 g/mol. The van der Waals surface area contributed by atoms with Crippen molar-refractivity contribution in [2.24, 2.45) is 9.98 Å². The first-order valence-corrected chi connectivity index (χ1v) is 17.3. The number of benzene rings is 8. The first kappa shape index (κ1) is 29.2. The van der Waals surface area contributed by atoms with Crippen LogP contribution in [0.1, 0.15) is 22.9 Å². The third-order valence-electron chi connectivity index (χ3n) is 9.95. The predicted molar refractivity (Wildman–Crippen MR) is 211 cm³/mol. The highest BCUT2D eigenvalue weighted by Crippen LogP contribution is 2.41. The zero-order valence-corrected chi connectivity index (χ0v) is 27.6. The number of para-hydroxylation sites is 1. The summed E-state index contributed by atoms with van der Waals surface area (Å²) in [5, 5.41) is 10.5. The molecule has 0 bridgehead atoms. The van der Waals surface area contributed by atoms with Gasteiger partial charge in [-0.2, -0.15) is 0 Å². The van der Waals surface area contributed by atoms with E-state index >= 15 is 0 Å². The number of amidine groups is 2. The maximum atomic E-state index is 6.73. The summed E-state index contributed by atoms with van der Waals surface area (Å²) in [4.78, 5) is 10.6. The lowest BCUT2D eigenvalue weighted by atomic mass is 9.94. The second kappa shape index (κ2) is 12.0. The normalized spacial score (nSPS) is 14.5. The molecule has 1 N–H and O–H groups in total. The maximum Gasteiger partial charge on any atom is 0.160 e. The van der Waals surface area contributed by atoms with E-state index in [0.29, 0.717) is 5.84 Å². The van der Waals surface area contributed by atoms with Gasteiger partial charge in [-0.05, 0) is 68.1 Å². The van der Waals surface area contributed by atoms with Crippen LogP contribution in [0, 0.1) is 0 Å². The fraction of sp³-hybridized carbons (Fsp3) is 0.0213. The summed E-state index contributed by atoms with van der Waals surface area (Å²) >= 11 is 0. The molecule has 1 atom stereocenters. The minimum atomic E-state index is -0.352. The summed E-state index contributed by atoms with van der Waals surface area (Å²) in [6.45, 7) is 0. The van der Waals surface area contributed by atoms with Crippen LogP contribution < -0.4 is 5.32 Å². The van der Waals surface area contributed by atoms with Crippen LogP contribution in [-0.2, 0) is 0 Å². The number of aliphatic imine (C=N–C) groups is 2. The lowest BCUT2D eigenvalue weighted by Crippen LogP contribution is -2.33. The smallest absolute Gasteiger partial charge is 0.160 e. The maximum absolute atomic E-state index is 6.73. The summed E-state index contributed by atoms with van der Waals surface area (Å²) in [6.07, 6.45) is -0.352. The highest BCUT2D eigenvalue weighted by molar-refractivity contribution is 6.24. The van der Waals surface area contributed by atoms with E-state index in [1.165, 1.54) is 27.3 Å². The number of hydrogen-bond acceptors (Lipinski definition) is 4. The minimum absolute atomic E-state index is 0.352. The average molecular weight is 654 g/mol. The van der Waals surface area contributed by atoms with Crippen LogP contribution in [0.2, 0.25) is 0 Å². The number of rotatable bonds is 5. The van der Waals surface area contributed by atoms with E-state index in [0.717, 1.165) is 61.0 Å². The van der Waals surface area contributed by atoms with Crippen molar-refractivity contribution in [2.75, 3.05) is 0 Å². The molecule has 0 spiro atoms. The van der Waals surface area contributed by atoms with E-state index in [-0.39, 0.29) is 6.17 Å². The zero-order chi connectivity index (χ0) is 33.7. The van der Waals surface area contributed by atoms with Crippen LogP contribution in [0.15, 0.2) is 190 Å².